The van der Waals surface area contributed by atoms with Gasteiger partial charge in [-0.2, -0.15) is 0 Å². The highest BCUT2D eigenvalue weighted by atomic mass is 16.6. The molecule has 0 heterocycles. The average Bonchev–Trinajstić information content (AvgIpc) is 2.93. The maximum Gasteiger partial charge on any atom is 0.344 e. The molecule has 0 unspecified atom stereocenters. The van der Waals surface area contributed by atoms with E-state index in [9.17, 15) is 28.8 Å². The third kappa shape index (κ3) is 34.3. The van der Waals surface area contributed by atoms with Gasteiger partial charge in [-0.25, -0.2) is 19.2 Å². The SMILES string of the molecule is C=C(C(=O)OCC)C(=O)OCC.C=C(C(=O)OCC)C(=O)OCCCCC.CCCCCOC(C)=O.CCOC(C)=O. The summed E-state index contributed by atoms with van der Waals surface area (Å²) in [7, 11) is 0. The largest absolute Gasteiger partial charge is 0.466 e. The number of hydrogen-bond donors (Lipinski definition) is 0. The normalized spacial score (nSPS) is 8.95. The van der Waals surface area contributed by atoms with E-state index < -0.39 is 23.9 Å². The predicted molar refractivity (Wildman–Crippen MR) is 157 cm³/mol. The molecule has 0 aliphatic rings. The minimum Gasteiger partial charge on any atom is -0.466 e. The van der Waals surface area contributed by atoms with Gasteiger partial charge in [0, 0.05) is 13.8 Å². The van der Waals surface area contributed by atoms with Crippen molar-refractivity contribution in [1.82, 2.24) is 0 Å². The van der Waals surface area contributed by atoms with Crippen molar-refractivity contribution < 1.29 is 57.2 Å². The van der Waals surface area contributed by atoms with Gasteiger partial charge in [0.2, 0.25) is 0 Å². The summed E-state index contributed by atoms with van der Waals surface area (Å²) >= 11 is 0. The molecule has 0 radical (unpaired) electrons. The highest BCUT2D eigenvalue weighted by Crippen LogP contribution is 2.01. The molecule has 0 saturated heterocycles. The van der Waals surface area contributed by atoms with Gasteiger partial charge < -0.3 is 28.4 Å². The lowest BCUT2D eigenvalue weighted by atomic mass is 10.2. The van der Waals surface area contributed by atoms with Crippen LogP contribution >= 0.6 is 0 Å². The Kier molecular flexibility index (Phi) is 36.1. The number of ether oxygens (including phenoxy) is 6. The summed E-state index contributed by atoms with van der Waals surface area (Å²) in [5.74, 6) is -3.24. The second-order valence-electron chi connectivity index (χ2n) is 7.93. The van der Waals surface area contributed by atoms with E-state index >= 15 is 0 Å². The average molecular weight is 605 g/mol. The first-order chi connectivity index (χ1) is 19.8. The third-order valence-electron chi connectivity index (χ3n) is 4.19. The summed E-state index contributed by atoms with van der Waals surface area (Å²) < 4.78 is 27.6. The minimum absolute atomic E-state index is 0.175. The fourth-order valence-electron chi connectivity index (χ4n) is 2.20. The molecule has 0 aliphatic carbocycles. The molecule has 0 fully saturated rings. The monoisotopic (exact) mass is 604 g/mol. The van der Waals surface area contributed by atoms with E-state index in [4.69, 9.17) is 9.47 Å². The Hall–Kier alpha value is -3.70. The molecule has 0 rings (SSSR count). The molecule has 0 atom stereocenters. The second kappa shape index (κ2) is 33.5. The number of unbranched alkanes of at least 4 members (excludes halogenated alkanes) is 4. The smallest absolute Gasteiger partial charge is 0.344 e. The Labute approximate surface area is 251 Å². The van der Waals surface area contributed by atoms with Gasteiger partial charge in [0.1, 0.15) is 11.1 Å². The number of esters is 6. The molecule has 0 aromatic carbocycles. The van der Waals surface area contributed by atoms with E-state index in [0.717, 1.165) is 32.1 Å². The first-order valence-corrected chi connectivity index (χ1v) is 14.1. The lowest BCUT2D eigenvalue weighted by Crippen LogP contribution is -2.17. The van der Waals surface area contributed by atoms with Crippen molar-refractivity contribution >= 4 is 35.8 Å². The highest BCUT2D eigenvalue weighted by Gasteiger charge is 2.18. The van der Waals surface area contributed by atoms with Gasteiger partial charge in [-0.15, -0.1) is 0 Å². The Morgan fingerprint density at radius 3 is 0.952 bits per heavy atom. The second-order valence-corrected chi connectivity index (χ2v) is 7.93. The van der Waals surface area contributed by atoms with Crippen LogP contribution in [0, 0.1) is 0 Å². The summed E-state index contributed by atoms with van der Waals surface area (Å²) in [5.41, 5.74) is -0.507. The lowest BCUT2D eigenvalue weighted by molar-refractivity contribution is -0.148. The van der Waals surface area contributed by atoms with E-state index in [0.29, 0.717) is 19.8 Å². The van der Waals surface area contributed by atoms with Gasteiger partial charge in [0.15, 0.2) is 0 Å². The summed E-state index contributed by atoms with van der Waals surface area (Å²) in [6, 6.07) is 0. The molecular formula is C30H52O12. The molecule has 0 aliphatic heterocycles. The van der Waals surface area contributed by atoms with Crippen LogP contribution in [0.15, 0.2) is 24.3 Å². The summed E-state index contributed by atoms with van der Waals surface area (Å²) in [4.78, 5) is 63.9. The van der Waals surface area contributed by atoms with Crippen molar-refractivity contribution in [1.29, 1.82) is 0 Å². The summed E-state index contributed by atoms with van der Waals surface area (Å²) in [6.45, 7) is 22.4. The van der Waals surface area contributed by atoms with Crippen molar-refractivity contribution in [2.24, 2.45) is 0 Å². The molecule has 12 heteroatoms. The Balaban J connectivity index is -0.000000241. The number of carbonyl (C=O) groups is 6. The molecule has 244 valence electrons. The van der Waals surface area contributed by atoms with Crippen molar-refractivity contribution in [3.8, 4) is 0 Å². The molecule has 0 bridgehead atoms. The van der Waals surface area contributed by atoms with E-state index in [-0.39, 0.29) is 42.9 Å². The van der Waals surface area contributed by atoms with Crippen LogP contribution in [0.1, 0.15) is 93.9 Å². The van der Waals surface area contributed by atoms with Crippen molar-refractivity contribution in [2.45, 2.75) is 93.9 Å². The maximum atomic E-state index is 11.2. The molecule has 0 spiro atoms. The van der Waals surface area contributed by atoms with Gasteiger partial charge in [-0.1, -0.05) is 52.7 Å². The minimum atomic E-state index is -0.726. The topological polar surface area (TPSA) is 158 Å². The van der Waals surface area contributed by atoms with Gasteiger partial charge in [-0.05, 0) is 40.5 Å². The van der Waals surface area contributed by atoms with Crippen LogP contribution in [0.25, 0.3) is 0 Å². The number of hydrogen-bond acceptors (Lipinski definition) is 12. The van der Waals surface area contributed by atoms with Crippen LogP contribution in [-0.2, 0) is 57.2 Å². The van der Waals surface area contributed by atoms with Gasteiger partial charge >= 0.3 is 35.8 Å². The van der Waals surface area contributed by atoms with Crippen LogP contribution in [0.3, 0.4) is 0 Å². The maximum absolute atomic E-state index is 11.2. The van der Waals surface area contributed by atoms with Crippen LogP contribution in [0.2, 0.25) is 0 Å². The zero-order valence-electron chi connectivity index (χ0n) is 26.8. The fourth-order valence-corrected chi connectivity index (χ4v) is 2.20. The van der Waals surface area contributed by atoms with Gasteiger partial charge in [-0.3, -0.25) is 9.59 Å². The molecule has 0 aromatic rings. The van der Waals surface area contributed by atoms with E-state index in [1.165, 1.54) is 20.3 Å². The number of rotatable bonds is 16. The van der Waals surface area contributed by atoms with E-state index in [2.05, 4.69) is 46.0 Å². The van der Waals surface area contributed by atoms with Crippen LogP contribution in [0.4, 0.5) is 0 Å². The Morgan fingerprint density at radius 2 is 0.714 bits per heavy atom. The lowest BCUT2D eigenvalue weighted by Gasteiger charge is -2.05. The molecule has 42 heavy (non-hydrogen) atoms. The zero-order chi connectivity index (χ0) is 33.3. The molecule has 0 saturated carbocycles. The highest BCUT2D eigenvalue weighted by molar-refractivity contribution is 6.13. The molecular weight excluding hydrogens is 552 g/mol. The Morgan fingerprint density at radius 1 is 0.429 bits per heavy atom. The summed E-state index contributed by atoms with van der Waals surface area (Å²) in [6.07, 6.45) is 6.17. The molecule has 0 aromatic heterocycles. The zero-order valence-corrected chi connectivity index (χ0v) is 26.8. The van der Waals surface area contributed by atoms with E-state index in [1.54, 1.807) is 27.7 Å². The molecule has 0 N–H and O–H groups in total. The Bertz CT molecular complexity index is 782. The van der Waals surface area contributed by atoms with Crippen molar-refractivity contribution in [2.75, 3.05) is 39.6 Å². The predicted octanol–water partition coefficient (Wildman–Crippen LogP) is 4.82. The third-order valence-corrected chi connectivity index (χ3v) is 4.19. The molecule has 0 amide bonds. The molecule has 12 nitrogen and oxygen atoms in total. The quantitative estimate of drug-likeness (QED) is 0.0592. The fraction of sp³-hybridized carbons (Fsp3) is 0.667. The van der Waals surface area contributed by atoms with Crippen LogP contribution in [-0.4, -0.2) is 75.5 Å². The van der Waals surface area contributed by atoms with Crippen LogP contribution < -0.4 is 0 Å². The van der Waals surface area contributed by atoms with Gasteiger partial charge in [0.05, 0.1) is 39.6 Å². The van der Waals surface area contributed by atoms with Crippen molar-refractivity contribution in [3.05, 3.63) is 24.3 Å². The standard InChI is InChI=1S/C11H18O4.C8H12O4.C7H14O2.C4H8O2/c1-4-6-7-8-15-11(13)9(3)10(12)14-5-2;1-4-11-7(9)6(3)8(10)12-5-2;1-3-4-5-6-9-7(2)8;1-3-6-4(2)5/h3-8H2,1-2H3;3-5H2,1-2H3;3-6H2,1-2H3;3H2,1-2H3. The first-order valence-electron chi connectivity index (χ1n) is 14.1. The van der Waals surface area contributed by atoms with E-state index in [1.807, 2.05) is 0 Å². The van der Waals surface area contributed by atoms with Crippen LogP contribution in [0.5, 0.6) is 0 Å². The number of carbonyl (C=O) groups excluding carboxylic acids is 6. The van der Waals surface area contributed by atoms with Crippen molar-refractivity contribution in [3.63, 3.8) is 0 Å². The first kappa shape index (κ1) is 45.3. The van der Waals surface area contributed by atoms with Gasteiger partial charge in [0.25, 0.3) is 0 Å². The summed E-state index contributed by atoms with van der Waals surface area (Å²) in [5, 5.41) is 0.